The van der Waals surface area contributed by atoms with Gasteiger partial charge in [-0.3, -0.25) is 14.4 Å². The summed E-state index contributed by atoms with van der Waals surface area (Å²) in [5.41, 5.74) is 3.34. The number of carbonyl (C=O) groups excluding carboxylic acids is 4. The minimum absolute atomic E-state index is 0.0404. The zero-order valence-corrected chi connectivity index (χ0v) is 27.2. The van der Waals surface area contributed by atoms with Gasteiger partial charge in [0.1, 0.15) is 11.1 Å². The first kappa shape index (κ1) is 32.7. The van der Waals surface area contributed by atoms with Gasteiger partial charge in [0, 0.05) is 17.7 Å². The number of anilines is 1. The van der Waals surface area contributed by atoms with E-state index in [-0.39, 0.29) is 23.3 Å². The van der Waals surface area contributed by atoms with Gasteiger partial charge in [-0.15, -0.1) is 0 Å². The van der Waals surface area contributed by atoms with Gasteiger partial charge in [0.15, 0.2) is 23.9 Å². The van der Waals surface area contributed by atoms with Crippen molar-refractivity contribution in [3.8, 4) is 17.6 Å². The number of nitrogens with zero attached hydrogens (tertiary/aromatic N) is 3. The number of nitriles is 1. The second kappa shape index (κ2) is 13.3. The highest BCUT2D eigenvalue weighted by atomic mass is 32.2. The smallest absolute Gasteiger partial charge is 0.338 e. The molecule has 2 aliphatic rings. The second-order valence-electron chi connectivity index (χ2n) is 12.4. The van der Waals surface area contributed by atoms with Gasteiger partial charge >= 0.3 is 5.97 Å². The van der Waals surface area contributed by atoms with Crippen LogP contribution in [0.5, 0.6) is 11.5 Å². The summed E-state index contributed by atoms with van der Waals surface area (Å²) in [5, 5.41) is 9.60. The molecule has 1 aliphatic heterocycles. The molecule has 1 aliphatic carbocycles. The highest BCUT2D eigenvalue weighted by Crippen LogP contribution is 2.40. The Bertz CT molecular complexity index is 1740. The number of hydrogen-bond acceptors (Lipinski definition) is 10. The molecule has 2 unspecified atom stereocenters. The third-order valence-corrected chi connectivity index (χ3v) is 9.64. The number of thioether (sulfide) groups is 1. The highest BCUT2D eigenvalue weighted by molar-refractivity contribution is 8.00. The van der Waals surface area contributed by atoms with E-state index in [0.717, 1.165) is 47.2 Å². The number of hydrogen-bond donors (Lipinski definition) is 0. The van der Waals surface area contributed by atoms with Crippen molar-refractivity contribution in [1.82, 2.24) is 4.98 Å². The molecule has 0 N–H and O–H groups in total. The Kier molecular flexibility index (Phi) is 9.49. The first-order valence-corrected chi connectivity index (χ1v) is 15.8. The fourth-order valence-corrected chi connectivity index (χ4v) is 6.81. The van der Waals surface area contributed by atoms with Crippen LogP contribution in [0.4, 0.5) is 5.69 Å². The number of aromatic nitrogens is 1. The average molecular weight is 642 g/mol. The van der Waals surface area contributed by atoms with Crippen molar-refractivity contribution in [1.29, 1.82) is 5.26 Å². The molecule has 1 fully saturated rings. The molecular weight excluding hydrogens is 606 g/mol. The number of imide groups is 1. The molecule has 5 rings (SSSR count). The fraction of sp³-hybridized carbons (Fsp3) is 0.371. The third kappa shape index (κ3) is 6.77. The predicted octanol–water partition coefficient (Wildman–Crippen LogP) is 5.59. The van der Waals surface area contributed by atoms with E-state index in [4.69, 9.17) is 19.2 Å². The van der Waals surface area contributed by atoms with Crippen molar-refractivity contribution in [2.45, 2.75) is 56.7 Å². The van der Waals surface area contributed by atoms with Crippen LogP contribution in [-0.2, 0) is 27.2 Å². The van der Waals surface area contributed by atoms with Crippen LogP contribution < -0.4 is 14.4 Å². The number of Topliss-reactive ketones (excluding diaryl/α,β-unsaturated/α-hetero) is 1. The molecule has 46 heavy (non-hydrogen) atoms. The lowest BCUT2D eigenvalue weighted by Gasteiger charge is -2.34. The van der Waals surface area contributed by atoms with Gasteiger partial charge in [-0.1, -0.05) is 32.5 Å². The number of ketones is 1. The second-order valence-corrected chi connectivity index (χ2v) is 13.5. The predicted molar refractivity (Wildman–Crippen MR) is 171 cm³/mol. The van der Waals surface area contributed by atoms with E-state index < -0.39 is 29.5 Å². The van der Waals surface area contributed by atoms with Crippen molar-refractivity contribution >= 4 is 41.0 Å². The molecule has 2 aromatic carbocycles. The molecule has 11 heteroatoms. The summed E-state index contributed by atoms with van der Waals surface area (Å²) in [6.07, 6.45) is 2.63. The van der Waals surface area contributed by atoms with Gasteiger partial charge < -0.3 is 14.2 Å². The molecule has 1 saturated heterocycles. The van der Waals surface area contributed by atoms with Crippen LogP contribution in [0.2, 0.25) is 0 Å². The molecule has 0 bridgehead atoms. The molecule has 1 aromatic heterocycles. The summed E-state index contributed by atoms with van der Waals surface area (Å²) in [6.45, 7) is 6.19. The van der Waals surface area contributed by atoms with Crippen LogP contribution in [0.15, 0.2) is 53.6 Å². The van der Waals surface area contributed by atoms with E-state index in [2.05, 4.69) is 26.8 Å². The zero-order chi connectivity index (χ0) is 33.2. The van der Waals surface area contributed by atoms with E-state index in [1.54, 1.807) is 12.1 Å². The SMILES string of the molecule is COc1ccc(C(=O)COC(=O)c2ccc(N3C(=O)CC(Sc4nc5c(cc4C#N)CC(C(C)(C)C)CC5)C3=O)cc2)cc1OC. The molecule has 2 atom stereocenters. The number of aryl methyl sites for hydroxylation is 1. The minimum atomic E-state index is -0.733. The van der Waals surface area contributed by atoms with Crippen molar-refractivity contribution in [2.24, 2.45) is 11.3 Å². The molecule has 238 valence electrons. The number of carbonyl (C=O) groups is 4. The maximum absolute atomic E-state index is 13.4. The Morgan fingerprint density at radius 3 is 2.35 bits per heavy atom. The molecular formula is C35H35N3O7S. The van der Waals surface area contributed by atoms with E-state index in [0.29, 0.717) is 39.3 Å². The summed E-state index contributed by atoms with van der Waals surface area (Å²) in [7, 11) is 2.94. The van der Waals surface area contributed by atoms with E-state index in [1.807, 2.05) is 6.07 Å². The van der Waals surface area contributed by atoms with Crippen LogP contribution in [-0.4, -0.2) is 54.6 Å². The van der Waals surface area contributed by atoms with Crippen molar-refractivity contribution < 1.29 is 33.4 Å². The molecule has 0 spiro atoms. The quantitative estimate of drug-likeness (QED) is 0.165. The van der Waals surface area contributed by atoms with E-state index >= 15 is 0 Å². The topological polar surface area (TPSA) is 136 Å². The number of rotatable bonds is 9. The lowest BCUT2D eigenvalue weighted by Crippen LogP contribution is -2.31. The third-order valence-electron chi connectivity index (χ3n) is 8.46. The molecule has 10 nitrogen and oxygen atoms in total. The van der Waals surface area contributed by atoms with Gasteiger partial charge in [0.05, 0.1) is 36.3 Å². The van der Waals surface area contributed by atoms with Crippen molar-refractivity contribution in [2.75, 3.05) is 25.7 Å². The van der Waals surface area contributed by atoms with Crippen LogP contribution in [0, 0.1) is 22.7 Å². The summed E-state index contributed by atoms with van der Waals surface area (Å²) in [5.74, 6) is -0.624. The fourth-order valence-electron chi connectivity index (χ4n) is 5.71. The number of methoxy groups -OCH3 is 2. The average Bonchev–Trinajstić information content (AvgIpc) is 3.33. The minimum Gasteiger partial charge on any atom is -0.493 e. The number of pyridine rings is 1. The number of esters is 1. The Morgan fingerprint density at radius 1 is 1.00 bits per heavy atom. The normalized spacial score (nSPS) is 17.7. The first-order chi connectivity index (χ1) is 21.9. The van der Waals surface area contributed by atoms with Crippen molar-refractivity contribution in [3.05, 3.63) is 76.5 Å². The Balaban J connectivity index is 1.23. The molecule has 3 aromatic rings. The maximum Gasteiger partial charge on any atom is 0.338 e. The number of ether oxygens (including phenoxy) is 3. The Labute approximate surface area is 272 Å². The number of fused-ring (bicyclic) bond motifs is 1. The monoisotopic (exact) mass is 641 g/mol. The van der Waals surface area contributed by atoms with Gasteiger partial charge in [-0.2, -0.15) is 5.26 Å². The van der Waals surface area contributed by atoms with Crippen LogP contribution in [0.25, 0.3) is 0 Å². The maximum atomic E-state index is 13.4. The Morgan fingerprint density at radius 2 is 1.70 bits per heavy atom. The van der Waals surface area contributed by atoms with E-state index in [1.165, 1.54) is 44.6 Å². The Hall–Kier alpha value is -4.69. The molecule has 0 radical (unpaired) electrons. The van der Waals surface area contributed by atoms with Crippen LogP contribution >= 0.6 is 11.8 Å². The van der Waals surface area contributed by atoms with Gasteiger partial charge in [-0.05, 0) is 84.7 Å². The van der Waals surface area contributed by atoms with Gasteiger partial charge in [-0.25, -0.2) is 14.7 Å². The first-order valence-electron chi connectivity index (χ1n) is 14.9. The summed E-state index contributed by atoms with van der Waals surface area (Å²) in [6, 6.07) is 14.6. The number of benzene rings is 2. The van der Waals surface area contributed by atoms with Crippen molar-refractivity contribution in [3.63, 3.8) is 0 Å². The highest BCUT2D eigenvalue weighted by Gasteiger charge is 2.41. The van der Waals surface area contributed by atoms with Crippen LogP contribution in [0.1, 0.15) is 71.1 Å². The zero-order valence-electron chi connectivity index (χ0n) is 26.4. The summed E-state index contributed by atoms with van der Waals surface area (Å²) < 4.78 is 15.6. The largest absolute Gasteiger partial charge is 0.493 e. The molecule has 2 amide bonds. The molecule has 0 saturated carbocycles. The standard InChI is InChI=1S/C35H35N3O7S/c1-35(2,3)24-9-12-26-22(15-24)14-23(18-36)32(37-26)46-30-17-31(40)38(33(30)41)25-10-6-20(7-11-25)34(42)45-19-27(39)21-8-13-28(43-4)29(16-21)44-5/h6-8,10-11,13-14,16,24,30H,9,12,15,17,19H2,1-5H3. The molecule has 2 heterocycles. The lowest BCUT2D eigenvalue weighted by atomic mass is 9.71. The van der Waals surface area contributed by atoms with Crippen LogP contribution in [0.3, 0.4) is 0 Å². The summed E-state index contributed by atoms with van der Waals surface area (Å²) in [4.78, 5) is 57.5. The number of amides is 2. The lowest BCUT2D eigenvalue weighted by molar-refractivity contribution is -0.121. The van der Waals surface area contributed by atoms with Gasteiger partial charge in [0.25, 0.3) is 0 Å². The summed E-state index contributed by atoms with van der Waals surface area (Å²) >= 11 is 1.15. The van der Waals surface area contributed by atoms with E-state index in [9.17, 15) is 24.4 Å². The van der Waals surface area contributed by atoms with Gasteiger partial charge in [0.2, 0.25) is 11.8 Å².